The van der Waals surface area contributed by atoms with E-state index >= 15 is 0 Å². The van der Waals surface area contributed by atoms with Crippen molar-refractivity contribution in [2.45, 2.75) is 0 Å². The molecule has 116 valence electrons. The number of nitriles is 1. The Morgan fingerprint density at radius 1 is 1.12 bits per heavy atom. The van der Waals surface area contributed by atoms with Gasteiger partial charge in [-0.05, 0) is 42.5 Å². The minimum Gasteiger partial charge on any atom is -0.323 e. The Kier molecular flexibility index (Phi) is 4.45. The molecule has 0 radical (unpaired) electrons. The van der Waals surface area contributed by atoms with Gasteiger partial charge in [0.15, 0.2) is 0 Å². The lowest BCUT2D eigenvalue weighted by Crippen LogP contribution is -2.07. The molecule has 0 aliphatic rings. The van der Waals surface area contributed by atoms with Crippen LogP contribution in [0.25, 0.3) is 11.8 Å². The first-order valence-electron chi connectivity index (χ1n) is 7.21. The maximum atomic E-state index is 11.9. The van der Waals surface area contributed by atoms with Crippen LogP contribution in [-0.4, -0.2) is 20.9 Å². The highest BCUT2D eigenvalue weighted by atomic mass is 16.1. The zero-order valence-electron chi connectivity index (χ0n) is 12.6. The van der Waals surface area contributed by atoms with Gasteiger partial charge in [-0.15, -0.1) is 5.10 Å². The quantitative estimate of drug-likeness (QED) is 0.750. The van der Waals surface area contributed by atoms with E-state index in [0.29, 0.717) is 16.9 Å². The predicted molar refractivity (Wildman–Crippen MR) is 90.2 cm³/mol. The molecule has 0 aliphatic carbocycles. The molecule has 3 aromatic rings. The SMILES string of the molecule is N#Cc1ccc(NC(=O)C=Cc2cnn(-c3ccccc3)n2)cc1. The molecule has 24 heavy (non-hydrogen) atoms. The van der Waals surface area contributed by atoms with E-state index in [4.69, 9.17) is 5.26 Å². The monoisotopic (exact) mass is 315 g/mol. The number of nitrogens with one attached hydrogen (secondary N) is 1. The molecule has 1 amide bonds. The van der Waals surface area contributed by atoms with Gasteiger partial charge in [-0.3, -0.25) is 4.79 Å². The molecule has 0 saturated heterocycles. The number of amides is 1. The first-order valence-corrected chi connectivity index (χ1v) is 7.21. The van der Waals surface area contributed by atoms with Crippen LogP contribution >= 0.6 is 0 Å². The average molecular weight is 315 g/mol. The van der Waals surface area contributed by atoms with Crippen molar-refractivity contribution < 1.29 is 4.79 Å². The van der Waals surface area contributed by atoms with Crippen LogP contribution in [0.3, 0.4) is 0 Å². The molecule has 0 spiro atoms. The molecule has 2 aromatic carbocycles. The fourth-order valence-electron chi connectivity index (χ4n) is 2.01. The Balaban J connectivity index is 1.64. The van der Waals surface area contributed by atoms with Crippen LogP contribution in [0.4, 0.5) is 5.69 Å². The number of benzene rings is 2. The molecule has 0 bridgehead atoms. The van der Waals surface area contributed by atoms with Crippen LogP contribution in [0.2, 0.25) is 0 Å². The second-order valence-corrected chi connectivity index (χ2v) is 4.91. The highest BCUT2D eigenvalue weighted by Gasteiger charge is 2.01. The number of hydrogen-bond donors (Lipinski definition) is 1. The summed E-state index contributed by atoms with van der Waals surface area (Å²) in [7, 11) is 0. The van der Waals surface area contributed by atoms with Gasteiger partial charge in [0.25, 0.3) is 0 Å². The smallest absolute Gasteiger partial charge is 0.248 e. The van der Waals surface area contributed by atoms with E-state index < -0.39 is 0 Å². The van der Waals surface area contributed by atoms with Crippen molar-refractivity contribution in [3.8, 4) is 11.8 Å². The first-order chi connectivity index (χ1) is 11.7. The van der Waals surface area contributed by atoms with E-state index in [9.17, 15) is 4.79 Å². The third kappa shape index (κ3) is 3.72. The molecule has 0 unspecified atom stereocenters. The van der Waals surface area contributed by atoms with Gasteiger partial charge < -0.3 is 5.32 Å². The molecule has 0 saturated carbocycles. The zero-order chi connectivity index (χ0) is 16.8. The number of hydrogen-bond acceptors (Lipinski definition) is 4. The van der Waals surface area contributed by atoms with E-state index in [0.717, 1.165) is 5.69 Å². The summed E-state index contributed by atoms with van der Waals surface area (Å²) in [5.74, 6) is -0.283. The topological polar surface area (TPSA) is 83.6 Å². The Labute approximate surface area is 138 Å². The number of carbonyl (C=O) groups excluding carboxylic acids is 1. The third-order valence-corrected chi connectivity index (χ3v) is 3.18. The minimum absolute atomic E-state index is 0.283. The predicted octanol–water partition coefficient (Wildman–Crippen LogP) is 2.79. The lowest BCUT2D eigenvalue weighted by molar-refractivity contribution is -0.111. The average Bonchev–Trinajstić information content (AvgIpc) is 3.10. The van der Waals surface area contributed by atoms with Crippen LogP contribution in [0, 0.1) is 11.3 Å². The van der Waals surface area contributed by atoms with Crippen molar-refractivity contribution >= 4 is 17.7 Å². The molecule has 0 fully saturated rings. The van der Waals surface area contributed by atoms with Crippen molar-refractivity contribution in [3.05, 3.63) is 78.1 Å². The molecular weight excluding hydrogens is 302 g/mol. The maximum Gasteiger partial charge on any atom is 0.248 e. The minimum atomic E-state index is -0.283. The van der Waals surface area contributed by atoms with E-state index in [-0.39, 0.29) is 5.91 Å². The van der Waals surface area contributed by atoms with Gasteiger partial charge in [-0.2, -0.15) is 15.2 Å². The number of rotatable bonds is 4. The molecule has 1 N–H and O–H groups in total. The molecule has 1 aromatic heterocycles. The number of aromatic nitrogens is 3. The third-order valence-electron chi connectivity index (χ3n) is 3.18. The van der Waals surface area contributed by atoms with Crippen molar-refractivity contribution in [1.29, 1.82) is 5.26 Å². The summed E-state index contributed by atoms with van der Waals surface area (Å²) in [6.45, 7) is 0. The van der Waals surface area contributed by atoms with Gasteiger partial charge in [0, 0.05) is 11.8 Å². The van der Waals surface area contributed by atoms with Gasteiger partial charge in [-0.1, -0.05) is 18.2 Å². The second kappa shape index (κ2) is 7.03. The maximum absolute atomic E-state index is 11.9. The Morgan fingerprint density at radius 2 is 1.88 bits per heavy atom. The van der Waals surface area contributed by atoms with Gasteiger partial charge >= 0.3 is 0 Å². The summed E-state index contributed by atoms with van der Waals surface area (Å²) >= 11 is 0. The van der Waals surface area contributed by atoms with Crippen LogP contribution in [0.15, 0.2) is 66.9 Å². The van der Waals surface area contributed by atoms with Gasteiger partial charge in [0.05, 0.1) is 23.5 Å². The van der Waals surface area contributed by atoms with E-state index in [1.165, 1.54) is 10.9 Å². The van der Waals surface area contributed by atoms with E-state index in [1.807, 2.05) is 36.4 Å². The fourth-order valence-corrected chi connectivity index (χ4v) is 2.01. The zero-order valence-corrected chi connectivity index (χ0v) is 12.6. The standard InChI is InChI=1S/C18H13N5O/c19-12-14-6-8-15(9-7-14)21-18(24)11-10-16-13-20-23(22-16)17-4-2-1-3-5-17/h1-11,13H,(H,21,24). The lowest BCUT2D eigenvalue weighted by Gasteiger charge is -2.01. The van der Waals surface area contributed by atoms with Crippen LogP contribution in [-0.2, 0) is 4.79 Å². The summed E-state index contributed by atoms with van der Waals surface area (Å²) < 4.78 is 0. The Hall–Kier alpha value is -3.72. The largest absolute Gasteiger partial charge is 0.323 e. The molecule has 0 atom stereocenters. The molecule has 1 heterocycles. The molecular formula is C18H13N5O. The van der Waals surface area contributed by atoms with Crippen molar-refractivity contribution in [3.63, 3.8) is 0 Å². The fraction of sp³-hybridized carbons (Fsp3) is 0. The Bertz CT molecular complexity index is 905. The van der Waals surface area contributed by atoms with E-state index in [1.54, 1.807) is 36.5 Å². The number of anilines is 1. The lowest BCUT2D eigenvalue weighted by atomic mass is 10.2. The molecule has 0 aliphatic heterocycles. The summed E-state index contributed by atoms with van der Waals surface area (Å²) in [5, 5.41) is 19.9. The highest BCUT2D eigenvalue weighted by Crippen LogP contribution is 2.09. The molecule has 6 heteroatoms. The van der Waals surface area contributed by atoms with Crippen LogP contribution in [0.5, 0.6) is 0 Å². The van der Waals surface area contributed by atoms with Crippen LogP contribution < -0.4 is 5.32 Å². The van der Waals surface area contributed by atoms with Gasteiger partial charge in [-0.25, -0.2) is 0 Å². The summed E-state index contributed by atoms with van der Waals surface area (Å²) in [4.78, 5) is 13.4. The first kappa shape index (κ1) is 15.2. The van der Waals surface area contributed by atoms with Crippen molar-refractivity contribution in [2.75, 3.05) is 5.32 Å². The number of carbonyl (C=O) groups is 1. The van der Waals surface area contributed by atoms with Gasteiger partial charge in [0.1, 0.15) is 5.69 Å². The molecule has 6 nitrogen and oxygen atoms in total. The van der Waals surface area contributed by atoms with Crippen LogP contribution in [0.1, 0.15) is 11.3 Å². The summed E-state index contributed by atoms with van der Waals surface area (Å²) in [6.07, 6.45) is 4.56. The number of nitrogens with zero attached hydrogens (tertiary/aromatic N) is 4. The van der Waals surface area contributed by atoms with Gasteiger partial charge in [0.2, 0.25) is 5.91 Å². The van der Waals surface area contributed by atoms with Crippen molar-refractivity contribution in [2.24, 2.45) is 0 Å². The van der Waals surface area contributed by atoms with E-state index in [2.05, 4.69) is 15.5 Å². The highest BCUT2D eigenvalue weighted by molar-refractivity contribution is 6.01. The van der Waals surface area contributed by atoms with Crippen molar-refractivity contribution in [1.82, 2.24) is 15.0 Å². The normalized spacial score (nSPS) is 10.5. The Morgan fingerprint density at radius 3 is 2.58 bits per heavy atom. The molecule has 3 rings (SSSR count). The summed E-state index contributed by atoms with van der Waals surface area (Å²) in [5.41, 5.74) is 2.59. The second-order valence-electron chi connectivity index (χ2n) is 4.91. The number of para-hydroxylation sites is 1. The summed E-state index contributed by atoms with van der Waals surface area (Å²) in [6, 6.07) is 18.2.